The van der Waals surface area contributed by atoms with Gasteiger partial charge in [-0.05, 0) is 38.4 Å². The Morgan fingerprint density at radius 3 is 2.60 bits per heavy atom. The van der Waals surface area contributed by atoms with Crippen molar-refractivity contribution in [3.05, 3.63) is 24.2 Å². The lowest BCUT2D eigenvalue weighted by molar-refractivity contribution is 0.478. The van der Waals surface area contributed by atoms with E-state index < -0.39 is 10.0 Å². The lowest BCUT2D eigenvalue weighted by Gasteiger charge is -2.13. The zero-order valence-electron chi connectivity index (χ0n) is 12.6. The van der Waals surface area contributed by atoms with Crippen LogP contribution in [-0.4, -0.2) is 32.8 Å². The molecule has 5 nitrogen and oxygen atoms in total. The van der Waals surface area contributed by atoms with E-state index in [1.165, 1.54) is 0 Å². The van der Waals surface area contributed by atoms with Crippen molar-refractivity contribution in [2.24, 2.45) is 0 Å². The second-order valence-electron chi connectivity index (χ2n) is 5.44. The van der Waals surface area contributed by atoms with Crippen LogP contribution in [0, 0.1) is 0 Å². The third-order valence-corrected chi connectivity index (χ3v) is 4.45. The summed E-state index contributed by atoms with van der Waals surface area (Å²) in [5, 5.41) is 3.27. The highest BCUT2D eigenvalue weighted by Crippen LogP contribution is 2.05. The third-order valence-electron chi connectivity index (χ3n) is 2.86. The lowest BCUT2D eigenvalue weighted by Crippen LogP contribution is -2.35. The van der Waals surface area contributed by atoms with Crippen molar-refractivity contribution in [2.75, 3.05) is 12.3 Å². The zero-order valence-corrected chi connectivity index (χ0v) is 13.4. The highest BCUT2D eigenvalue weighted by Gasteiger charge is 2.15. The van der Waals surface area contributed by atoms with Gasteiger partial charge in [0.15, 0.2) is 0 Å². The molecule has 0 aliphatic heterocycles. The highest BCUT2D eigenvalue weighted by atomic mass is 32.2. The normalized spacial score (nSPS) is 13.8. The number of hydrogen-bond donors (Lipinski definition) is 2. The van der Waals surface area contributed by atoms with E-state index >= 15 is 0 Å². The Morgan fingerprint density at radius 2 is 2.00 bits per heavy atom. The van der Waals surface area contributed by atoms with Gasteiger partial charge in [-0.2, -0.15) is 0 Å². The molecule has 0 bridgehead atoms. The van der Waals surface area contributed by atoms with Gasteiger partial charge in [0.05, 0.1) is 12.0 Å². The van der Waals surface area contributed by atoms with Crippen LogP contribution in [0.25, 0.3) is 0 Å². The average molecular weight is 302 g/mol. The number of unbranched alkanes of at least 4 members (excludes halogenated alkanes) is 1. The second-order valence-corrected chi connectivity index (χ2v) is 7.31. The van der Waals surface area contributed by atoms with E-state index in [4.69, 9.17) is 4.42 Å². The summed E-state index contributed by atoms with van der Waals surface area (Å²) in [6.07, 6.45) is 3.70. The third kappa shape index (κ3) is 7.67. The summed E-state index contributed by atoms with van der Waals surface area (Å²) in [4.78, 5) is 0. The van der Waals surface area contributed by atoms with E-state index in [1.54, 1.807) is 12.3 Å². The molecular formula is C14H26N2O3S. The van der Waals surface area contributed by atoms with E-state index in [1.807, 2.05) is 13.0 Å². The SMILES string of the molecule is CC(C)NCCCCS(=O)(=O)NC(C)Cc1ccco1. The van der Waals surface area contributed by atoms with Gasteiger partial charge < -0.3 is 9.73 Å². The molecule has 2 N–H and O–H groups in total. The Balaban J connectivity index is 2.23. The molecule has 0 aliphatic rings. The molecule has 1 rings (SSSR count). The summed E-state index contributed by atoms with van der Waals surface area (Å²) in [5.41, 5.74) is 0. The molecule has 0 saturated carbocycles. The molecule has 0 aliphatic carbocycles. The van der Waals surface area contributed by atoms with Gasteiger partial charge in [-0.15, -0.1) is 0 Å². The van der Waals surface area contributed by atoms with Crippen LogP contribution < -0.4 is 10.0 Å². The lowest BCUT2D eigenvalue weighted by atomic mass is 10.2. The number of nitrogens with one attached hydrogen (secondary N) is 2. The molecule has 0 radical (unpaired) electrons. The number of furan rings is 1. The minimum atomic E-state index is -3.20. The summed E-state index contributed by atoms with van der Waals surface area (Å²) in [6.45, 7) is 6.86. The Morgan fingerprint density at radius 1 is 1.25 bits per heavy atom. The van der Waals surface area contributed by atoms with Gasteiger partial charge >= 0.3 is 0 Å². The fourth-order valence-electron chi connectivity index (χ4n) is 1.95. The molecule has 0 spiro atoms. The molecule has 1 atom stereocenters. The van der Waals surface area contributed by atoms with Gasteiger partial charge in [0.1, 0.15) is 5.76 Å². The van der Waals surface area contributed by atoms with Gasteiger partial charge in [-0.3, -0.25) is 0 Å². The van der Waals surface area contributed by atoms with Crippen molar-refractivity contribution in [1.29, 1.82) is 0 Å². The van der Waals surface area contributed by atoms with Gasteiger partial charge in [-0.25, -0.2) is 13.1 Å². The molecular weight excluding hydrogens is 276 g/mol. The first-order chi connectivity index (χ1) is 9.39. The van der Waals surface area contributed by atoms with E-state index in [0.29, 0.717) is 18.9 Å². The minimum absolute atomic E-state index is 0.153. The van der Waals surface area contributed by atoms with E-state index in [9.17, 15) is 8.42 Å². The molecule has 116 valence electrons. The monoisotopic (exact) mass is 302 g/mol. The summed E-state index contributed by atoms with van der Waals surface area (Å²) in [7, 11) is -3.20. The minimum Gasteiger partial charge on any atom is -0.469 e. The van der Waals surface area contributed by atoms with E-state index in [-0.39, 0.29) is 11.8 Å². The van der Waals surface area contributed by atoms with Gasteiger partial charge in [0, 0.05) is 18.5 Å². The van der Waals surface area contributed by atoms with Crippen LogP contribution in [0.15, 0.2) is 22.8 Å². The first kappa shape index (κ1) is 17.2. The van der Waals surface area contributed by atoms with Crippen LogP contribution in [0.4, 0.5) is 0 Å². The Bertz CT molecular complexity index is 455. The van der Waals surface area contributed by atoms with Crippen molar-refractivity contribution in [3.63, 3.8) is 0 Å². The van der Waals surface area contributed by atoms with Crippen molar-refractivity contribution in [1.82, 2.24) is 10.0 Å². The molecule has 0 aromatic carbocycles. The maximum atomic E-state index is 11.9. The molecule has 20 heavy (non-hydrogen) atoms. The van der Waals surface area contributed by atoms with Crippen LogP contribution in [-0.2, 0) is 16.4 Å². The zero-order chi connectivity index (χ0) is 15.0. The summed E-state index contributed by atoms with van der Waals surface area (Å²) in [6, 6.07) is 3.94. The van der Waals surface area contributed by atoms with E-state index in [0.717, 1.165) is 18.7 Å². The summed E-state index contributed by atoms with van der Waals surface area (Å²) in [5.74, 6) is 0.969. The molecule has 0 amide bonds. The van der Waals surface area contributed by atoms with Crippen molar-refractivity contribution < 1.29 is 12.8 Å². The molecule has 6 heteroatoms. The van der Waals surface area contributed by atoms with Crippen LogP contribution in [0.3, 0.4) is 0 Å². The Kier molecular flexibility index (Phi) is 7.26. The largest absolute Gasteiger partial charge is 0.469 e. The van der Waals surface area contributed by atoms with Crippen LogP contribution >= 0.6 is 0 Å². The Labute approximate surface area is 122 Å². The van der Waals surface area contributed by atoms with Crippen molar-refractivity contribution in [3.8, 4) is 0 Å². The number of sulfonamides is 1. The number of rotatable bonds is 10. The number of hydrogen-bond acceptors (Lipinski definition) is 4. The first-order valence-corrected chi connectivity index (χ1v) is 8.80. The molecule has 1 aromatic heterocycles. The summed E-state index contributed by atoms with van der Waals surface area (Å²) < 4.78 is 31.7. The first-order valence-electron chi connectivity index (χ1n) is 7.15. The van der Waals surface area contributed by atoms with Crippen LogP contribution in [0.2, 0.25) is 0 Å². The topological polar surface area (TPSA) is 71.3 Å². The quantitative estimate of drug-likeness (QED) is 0.648. The second kappa shape index (κ2) is 8.44. The smallest absolute Gasteiger partial charge is 0.211 e. The molecule has 1 aromatic rings. The van der Waals surface area contributed by atoms with E-state index in [2.05, 4.69) is 23.9 Å². The maximum Gasteiger partial charge on any atom is 0.211 e. The van der Waals surface area contributed by atoms with Gasteiger partial charge in [0.2, 0.25) is 10.0 Å². The standard InChI is InChI=1S/C14H26N2O3S/c1-12(2)15-8-4-5-10-20(17,18)16-13(3)11-14-7-6-9-19-14/h6-7,9,12-13,15-16H,4-5,8,10-11H2,1-3H3. The molecule has 1 unspecified atom stereocenters. The van der Waals surface area contributed by atoms with Crippen molar-refractivity contribution in [2.45, 2.75) is 52.1 Å². The predicted octanol–water partition coefficient (Wildman–Crippen LogP) is 1.91. The van der Waals surface area contributed by atoms with Crippen LogP contribution in [0.5, 0.6) is 0 Å². The Hall–Kier alpha value is -0.850. The fraction of sp³-hybridized carbons (Fsp3) is 0.714. The fourth-order valence-corrected chi connectivity index (χ4v) is 3.34. The maximum absolute atomic E-state index is 11.9. The highest BCUT2D eigenvalue weighted by molar-refractivity contribution is 7.89. The molecule has 1 heterocycles. The van der Waals surface area contributed by atoms with Gasteiger partial charge in [0.25, 0.3) is 0 Å². The van der Waals surface area contributed by atoms with Gasteiger partial charge in [-0.1, -0.05) is 13.8 Å². The van der Waals surface area contributed by atoms with Crippen LogP contribution in [0.1, 0.15) is 39.4 Å². The molecule has 0 fully saturated rings. The average Bonchev–Trinajstić information content (AvgIpc) is 2.79. The predicted molar refractivity (Wildman–Crippen MR) is 81.2 cm³/mol. The van der Waals surface area contributed by atoms with Crippen molar-refractivity contribution >= 4 is 10.0 Å². The molecule has 0 saturated heterocycles. The summed E-state index contributed by atoms with van der Waals surface area (Å²) >= 11 is 0.